The Bertz CT molecular complexity index is 317. The Morgan fingerprint density at radius 1 is 1.44 bits per heavy atom. The number of rotatable bonds is 4. The molecule has 1 fully saturated rings. The van der Waals surface area contributed by atoms with E-state index in [-0.39, 0.29) is 6.04 Å². The number of thioether (sulfide) groups is 1. The molecule has 3 heteroatoms. The highest BCUT2D eigenvalue weighted by Crippen LogP contribution is 2.24. The Balaban J connectivity index is 1.84. The van der Waals surface area contributed by atoms with Crippen molar-refractivity contribution in [2.45, 2.75) is 36.8 Å². The van der Waals surface area contributed by atoms with Crippen LogP contribution in [0.4, 0.5) is 0 Å². The molecule has 0 radical (unpaired) electrons. The van der Waals surface area contributed by atoms with E-state index in [0.717, 1.165) is 12.4 Å². The molecule has 0 saturated carbocycles. The molecule has 16 heavy (non-hydrogen) atoms. The highest BCUT2D eigenvalue weighted by Gasteiger charge is 2.15. The summed E-state index contributed by atoms with van der Waals surface area (Å²) >= 11 is 1.87. The fraction of sp³-hybridized carbons (Fsp3) is 0.538. The second kappa shape index (κ2) is 5.71. The lowest BCUT2D eigenvalue weighted by Gasteiger charge is -2.10. The normalized spacial score (nSPS) is 22.2. The highest BCUT2D eigenvalue weighted by molar-refractivity contribution is 7.99. The minimum atomic E-state index is 0.122. The number of benzene rings is 1. The van der Waals surface area contributed by atoms with E-state index in [1.54, 1.807) is 0 Å². The van der Waals surface area contributed by atoms with Crippen LogP contribution in [0.5, 0.6) is 0 Å². The Hall–Kier alpha value is -0.510. The van der Waals surface area contributed by atoms with Crippen molar-refractivity contribution in [3.8, 4) is 0 Å². The lowest BCUT2D eigenvalue weighted by molar-refractivity contribution is 0.129. The van der Waals surface area contributed by atoms with Crippen LogP contribution in [0.25, 0.3) is 0 Å². The molecule has 1 aromatic rings. The Morgan fingerprint density at radius 2 is 2.19 bits per heavy atom. The molecule has 1 heterocycles. The van der Waals surface area contributed by atoms with Crippen molar-refractivity contribution in [1.82, 2.24) is 0 Å². The average Bonchev–Trinajstić information content (AvgIpc) is 2.80. The smallest absolute Gasteiger partial charge is 0.0669 e. The zero-order valence-electron chi connectivity index (χ0n) is 9.69. The van der Waals surface area contributed by atoms with Crippen LogP contribution in [0.1, 0.15) is 31.4 Å². The number of hydrogen-bond donors (Lipinski definition) is 1. The Kier molecular flexibility index (Phi) is 4.27. The quantitative estimate of drug-likeness (QED) is 0.818. The van der Waals surface area contributed by atoms with Crippen LogP contribution in [-0.4, -0.2) is 18.5 Å². The Morgan fingerprint density at radius 3 is 2.75 bits per heavy atom. The van der Waals surface area contributed by atoms with Gasteiger partial charge in [0.25, 0.3) is 0 Å². The topological polar surface area (TPSA) is 35.2 Å². The van der Waals surface area contributed by atoms with E-state index in [1.165, 1.54) is 23.3 Å². The van der Waals surface area contributed by atoms with Crippen molar-refractivity contribution in [3.05, 3.63) is 29.8 Å². The van der Waals surface area contributed by atoms with Crippen LogP contribution in [0.15, 0.2) is 29.2 Å². The summed E-state index contributed by atoms with van der Waals surface area (Å²) in [4.78, 5) is 1.31. The van der Waals surface area contributed by atoms with Crippen molar-refractivity contribution in [1.29, 1.82) is 0 Å². The first-order valence-electron chi connectivity index (χ1n) is 5.85. The van der Waals surface area contributed by atoms with E-state index < -0.39 is 0 Å². The molecule has 1 aliphatic heterocycles. The standard InChI is InChI=1S/C13H19NOS/c1-10(14)11-4-6-13(7-5-11)16-9-12-3-2-8-15-12/h4-7,10,12H,2-3,8-9,14H2,1H3/t10-,12?/m1/s1. The van der Waals surface area contributed by atoms with E-state index in [0.29, 0.717) is 6.10 Å². The van der Waals surface area contributed by atoms with Gasteiger partial charge in [-0.2, -0.15) is 0 Å². The first-order chi connectivity index (χ1) is 7.75. The van der Waals surface area contributed by atoms with Crippen molar-refractivity contribution < 1.29 is 4.74 Å². The Labute approximate surface area is 102 Å². The second-order valence-corrected chi connectivity index (χ2v) is 5.40. The predicted octanol–water partition coefficient (Wildman–Crippen LogP) is 2.98. The second-order valence-electron chi connectivity index (χ2n) is 4.30. The lowest BCUT2D eigenvalue weighted by Crippen LogP contribution is -2.07. The number of ether oxygens (including phenoxy) is 1. The third-order valence-electron chi connectivity index (χ3n) is 2.87. The molecule has 2 atom stereocenters. The van der Waals surface area contributed by atoms with Gasteiger partial charge >= 0.3 is 0 Å². The largest absolute Gasteiger partial charge is 0.377 e. The summed E-state index contributed by atoms with van der Waals surface area (Å²) in [6.45, 7) is 2.95. The maximum atomic E-state index is 5.81. The molecule has 1 unspecified atom stereocenters. The maximum Gasteiger partial charge on any atom is 0.0669 e. The molecule has 0 amide bonds. The average molecular weight is 237 g/mol. The summed E-state index contributed by atoms with van der Waals surface area (Å²) in [5.74, 6) is 1.07. The maximum absolute atomic E-state index is 5.81. The van der Waals surface area contributed by atoms with Crippen LogP contribution in [0, 0.1) is 0 Å². The van der Waals surface area contributed by atoms with Crippen LogP contribution < -0.4 is 5.73 Å². The van der Waals surface area contributed by atoms with Gasteiger partial charge in [0.05, 0.1) is 6.10 Å². The van der Waals surface area contributed by atoms with Crippen LogP contribution in [0.2, 0.25) is 0 Å². The first-order valence-corrected chi connectivity index (χ1v) is 6.84. The lowest BCUT2D eigenvalue weighted by atomic mass is 10.1. The van der Waals surface area contributed by atoms with Crippen molar-refractivity contribution in [2.75, 3.05) is 12.4 Å². The van der Waals surface area contributed by atoms with Crippen molar-refractivity contribution in [3.63, 3.8) is 0 Å². The van der Waals surface area contributed by atoms with Gasteiger partial charge in [0.15, 0.2) is 0 Å². The number of hydrogen-bond acceptors (Lipinski definition) is 3. The summed E-state index contributed by atoms with van der Waals surface area (Å²) in [6, 6.07) is 8.65. The molecule has 0 aromatic heterocycles. The van der Waals surface area contributed by atoms with Gasteiger partial charge in [-0.05, 0) is 37.5 Å². The third-order valence-corrected chi connectivity index (χ3v) is 4.01. The molecule has 2 nitrogen and oxygen atoms in total. The van der Waals surface area contributed by atoms with Crippen LogP contribution in [-0.2, 0) is 4.74 Å². The summed E-state index contributed by atoms with van der Waals surface area (Å²) in [5, 5.41) is 0. The molecule has 0 bridgehead atoms. The van der Waals surface area contributed by atoms with Gasteiger partial charge in [-0.15, -0.1) is 11.8 Å². The van der Waals surface area contributed by atoms with Gasteiger partial charge in [0.1, 0.15) is 0 Å². The van der Waals surface area contributed by atoms with Crippen LogP contribution in [0.3, 0.4) is 0 Å². The van der Waals surface area contributed by atoms with E-state index in [1.807, 2.05) is 18.7 Å². The van der Waals surface area contributed by atoms with Gasteiger partial charge in [-0.25, -0.2) is 0 Å². The zero-order chi connectivity index (χ0) is 11.4. The summed E-state index contributed by atoms with van der Waals surface area (Å²) in [7, 11) is 0. The minimum absolute atomic E-state index is 0.122. The van der Waals surface area contributed by atoms with E-state index in [9.17, 15) is 0 Å². The molecule has 2 rings (SSSR count). The molecule has 1 saturated heterocycles. The molecule has 0 aliphatic carbocycles. The predicted molar refractivity (Wildman–Crippen MR) is 68.7 cm³/mol. The summed E-state index contributed by atoms with van der Waals surface area (Å²) in [6.07, 6.45) is 2.89. The molecular weight excluding hydrogens is 218 g/mol. The van der Waals surface area contributed by atoms with Crippen LogP contribution >= 0.6 is 11.8 Å². The van der Waals surface area contributed by atoms with E-state index in [4.69, 9.17) is 10.5 Å². The fourth-order valence-corrected chi connectivity index (χ4v) is 2.80. The van der Waals surface area contributed by atoms with Gasteiger partial charge in [-0.1, -0.05) is 12.1 Å². The van der Waals surface area contributed by atoms with E-state index >= 15 is 0 Å². The minimum Gasteiger partial charge on any atom is -0.377 e. The molecule has 1 aliphatic rings. The molecule has 1 aromatic carbocycles. The number of nitrogens with two attached hydrogens (primary N) is 1. The highest BCUT2D eigenvalue weighted by atomic mass is 32.2. The zero-order valence-corrected chi connectivity index (χ0v) is 10.5. The third kappa shape index (κ3) is 3.24. The van der Waals surface area contributed by atoms with Crippen molar-refractivity contribution >= 4 is 11.8 Å². The fourth-order valence-electron chi connectivity index (χ4n) is 1.83. The molecule has 2 N–H and O–H groups in total. The monoisotopic (exact) mass is 237 g/mol. The van der Waals surface area contributed by atoms with Gasteiger partial charge in [0.2, 0.25) is 0 Å². The van der Waals surface area contributed by atoms with Gasteiger partial charge < -0.3 is 10.5 Å². The van der Waals surface area contributed by atoms with Gasteiger partial charge in [-0.3, -0.25) is 0 Å². The summed E-state index contributed by atoms with van der Waals surface area (Å²) in [5.41, 5.74) is 7.01. The van der Waals surface area contributed by atoms with Crippen molar-refractivity contribution in [2.24, 2.45) is 5.73 Å². The first kappa shape index (κ1) is 12.0. The molecular formula is C13H19NOS. The van der Waals surface area contributed by atoms with E-state index in [2.05, 4.69) is 24.3 Å². The summed E-state index contributed by atoms with van der Waals surface area (Å²) < 4.78 is 5.60. The van der Waals surface area contributed by atoms with Gasteiger partial charge in [0, 0.05) is 23.3 Å². The molecule has 88 valence electrons. The SMILES string of the molecule is C[C@@H](N)c1ccc(SCC2CCCO2)cc1. The molecule has 0 spiro atoms.